The quantitative estimate of drug-likeness (QED) is 0.631. The van der Waals surface area contributed by atoms with Crippen molar-refractivity contribution in [3.63, 3.8) is 0 Å². The third-order valence-corrected chi connectivity index (χ3v) is 2.28. The lowest BCUT2D eigenvalue weighted by Gasteiger charge is -2.19. The highest BCUT2D eigenvalue weighted by Gasteiger charge is 2.25. The van der Waals surface area contributed by atoms with Crippen molar-refractivity contribution in [1.29, 1.82) is 0 Å². The van der Waals surface area contributed by atoms with Crippen LogP contribution in [0.1, 0.15) is 0 Å². The molecule has 2 rings (SSSR count). The van der Waals surface area contributed by atoms with E-state index in [1.54, 1.807) is 0 Å². The minimum absolute atomic E-state index is 0.290. The molecule has 1 heterocycles. The van der Waals surface area contributed by atoms with Gasteiger partial charge in [0.1, 0.15) is 0 Å². The summed E-state index contributed by atoms with van der Waals surface area (Å²) in [6.07, 6.45) is 0. The van der Waals surface area contributed by atoms with E-state index in [9.17, 15) is 0 Å². The molecular formula is C6H6B3BrO3. The van der Waals surface area contributed by atoms with E-state index in [0.29, 0.717) is 15.4 Å². The van der Waals surface area contributed by atoms with Crippen LogP contribution in [-0.4, -0.2) is 22.5 Å². The molecule has 1 fully saturated rings. The van der Waals surface area contributed by atoms with Gasteiger partial charge in [-0.2, -0.15) is 0 Å². The fourth-order valence-corrected chi connectivity index (χ4v) is 1.38. The van der Waals surface area contributed by atoms with Crippen molar-refractivity contribution >= 4 is 43.9 Å². The Balaban J connectivity index is 2.10. The molecule has 0 aromatic heterocycles. The highest BCUT2D eigenvalue weighted by Crippen LogP contribution is 2.06. The molecule has 0 atom stereocenters. The standard InChI is InChI=1S/C6H6B3BrO3/c10-6-3-1-5(2-4-6)9-12-7-11-8-13-9/h1-4,7-8H. The van der Waals surface area contributed by atoms with Crippen molar-refractivity contribution in [3.05, 3.63) is 28.7 Å². The van der Waals surface area contributed by atoms with Gasteiger partial charge in [-0.3, -0.25) is 0 Å². The number of hydrogen-bond acceptors (Lipinski definition) is 3. The Kier molecular flexibility index (Phi) is 3.11. The number of rotatable bonds is 1. The zero-order valence-electron chi connectivity index (χ0n) is 6.90. The Morgan fingerprint density at radius 1 is 1.08 bits per heavy atom. The van der Waals surface area contributed by atoms with E-state index >= 15 is 0 Å². The van der Waals surface area contributed by atoms with Gasteiger partial charge in [0.2, 0.25) is 0 Å². The molecule has 1 aromatic rings. The Labute approximate surface area is 86.6 Å². The molecule has 0 spiro atoms. The van der Waals surface area contributed by atoms with Gasteiger partial charge < -0.3 is 13.7 Å². The van der Waals surface area contributed by atoms with Crippen molar-refractivity contribution in [3.8, 4) is 0 Å². The van der Waals surface area contributed by atoms with Crippen LogP contribution in [0.5, 0.6) is 0 Å². The average Bonchev–Trinajstić information content (AvgIpc) is 2.20. The average molecular weight is 238 g/mol. The van der Waals surface area contributed by atoms with E-state index in [1.807, 2.05) is 24.3 Å². The van der Waals surface area contributed by atoms with Gasteiger partial charge in [-0.15, -0.1) is 0 Å². The maximum Gasteiger partial charge on any atom is 0.466 e. The van der Waals surface area contributed by atoms with Crippen LogP contribution < -0.4 is 5.46 Å². The maximum atomic E-state index is 5.24. The highest BCUT2D eigenvalue weighted by molar-refractivity contribution is 9.10. The lowest BCUT2D eigenvalue weighted by molar-refractivity contribution is 0.334. The first-order chi connectivity index (χ1) is 6.36. The van der Waals surface area contributed by atoms with Crippen LogP contribution in [0.2, 0.25) is 0 Å². The van der Waals surface area contributed by atoms with E-state index < -0.39 is 0 Å². The zero-order valence-corrected chi connectivity index (χ0v) is 8.49. The molecule has 3 nitrogen and oxygen atoms in total. The smallest absolute Gasteiger partial charge is 0.458 e. The predicted octanol–water partition coefficient (Wildman–Crippen LogP) is -0.259. The van der Waals surface area contributed by atoms with E-state index in [4.69, 9.17) is 13.7 Å². The minimum atomic E-state index is -0.290. The van der Waals surface area contributed by atoms with Gasteiger partial charge in [-0.25, -0.2) is 0 Å². The SMILES string of the molecule is Brc1ccc(B2OBOBO2)cc1. The molecule has 64 valence electrons. The summed E-state index contributed by atoms with van der Waals surface area (Å²) >= 11 is 3.36. The molecule has 0 bridgehead atoms. The van der Waals surface area contributed by atoms with Crippen LogP contribution in [0.25, 0.3) is 0 Å². The molecule has 0 unspecified atom stereocenters. The van der Waals surface area contributed by atoms with Crippen molar-refractivity contribution in [1.82, 2.24) is 0 Å². The molecule has 0 N–H and O–H groups in total. The lowest BCUT2D eigenvalue weighted by Crippen LogP contribution is -2.44. The van der Waals surface area contributed by atoms with Crippen molar-refractivity contribution in [2.45, 2.75) is 0 Å². The van der Waals surface area contributed by atoms with E-state index in [2.05, 4.69) is 15.9 Å². The van der Waals surface area contributed by atoms with Crippen molar-refractivity contribution < 1.29 is 13.7 Å². The predicted molar refractivity (Wildman–Crippen MR) is 57.1 cm³/mol. The van der Waals surface area contributed by atoms with Gasteiger partial charge in [0.05, 0.1) is 0 Å². The second-order valence-corrected chi connectivity index (χ2v) is 3.57. The van der Waals surface area contributed by atoms with Crippen molar-refractivity contribution in [2.24, 2.45) is 0 Å². The van der Waals surface area contributed by atoms with Gasteiger partial charge in [0, 0.05) is 4.47 Å². The Hall–Kier alpha value is -0.225. The van der Waals surface area contributed by atoms with Gasteiger partial charge in [0.15, 0.2) is 0 Å². The first-order valence-electron chi connectivity index (χ1n) is 3.93. The first kappa shape index (κ1) is 9.33. The molecule has 7 heteroatoms. The highest BCUT2D eigenvalue weighted by atomic mass is 79.9. The van der Waals surface area contributed by atoms with Crippen LogP contribution in [0, 0.1) is 0 Å². The lowest BCUT2D eigenvalue weighted by atomic mass is 9.75. The second-order valence-electron chi connectivity index (χ2n) is 2.66. The molecule has 1 saturated heterocycles. The molecule has 13 heavy (non-hydrogen) atoms. The molecule has 0 saturated carbocycles. The normalized spacial score (nSPS) is 16.2. The van der Waals surface area contributed by atoms with Gasteiger partial charge in [0.25, 0.3) is 0 Å². The molecule has 0 amide bonds. The third kappa shape index (κ3) is 2.37. The van der Waals surface area contributed by atoms with Crippen LogP contribution in [-0.2, 0) is 13.7 Å². The van der Waals surface area contributed by atoms with Crippen LogP contribution in [0.4, 0.5) is 0 Å². The second kappa shape index (κ2) is 4.33. The Morgan fingerprint density at radius 2 is 1.69 bits per heavy atom. The van der Waals surface area contributed by atoms with E-state index in [-0.39, 0.29) is 7.12 Å². The Bertz CT molecular complexity index is 275. The van der Waals surface area contributed by atoms with Gasteiger partial charge in [-0.1, -0.05) is 28.1 Å². The summed E-state index contributed by atoms with van der Waals surface area (Å²) in [4.78, 5) is 0. The molecule has 0 radical (unpaired) electrons. The summed E-state index contributed by atoms with van der Waals surface area (Å²) in [6.45, 7) is 0. The van der Waals surface area contributed by atoms with Gasteiger partial charge >= 0.3 is 22.5 Å². The van der Waals surface area contributed by atoms with Crippen molar-refractivity contribution in [2.75, 3.05) is 0 Å². The van der Waals surface area contributed by atoms with E-state index in [0.717, 1.165) is 9.94 Å². The Morgan fingerprint density at radius 3 is 2.31 bits per heavy atom. The topological polar surface area (TPSA) is 27.7 Å². The molecule has 0 aliphatic carbocycles. The third-order valence-electron chi connectivity index (χ3n) is 1.75. The minimum Gasteiger partial charge on any atom is -0.458 e. The molecule has 1 aromatic carbocycles. The summed E-state index contributed by atoms with van der Waals surface area (Å²) in [5.41, 5.74) is 1.01. The summed E-state index contributed by atoms with van der Waals surface area (Å²) in [5.74, 6) is 0. The molecule has 1 aliphatic rings. The molecule has 1 aliphatic heterocycles. The van der Waals surface area contributed by atoms with Crippen LogP contribution >= 0.6 is 15.9 Å². The monoisotopic (exact) mass is 238 g/mol. The maximum absolute atomic E-state index is 5.24. The zero-order chi connectivity index (χ0) is 9.10. The summed E-state index contributed by atoms with van der Waals surface area (Å²) in [7, 11) is 0.295. The summed E-state index contributed by atoms with van der Waals surface area (Å²) < 4.78 is 16.4. The molecular weight excluding hydrogens is 232 g/mol. The number of hydrogen-bond donors (Lipinski definition) is 0. The van der Waals surface area contributed by atoms with E-state index in [1.165, 1.54) is 0 Å². The number of halogens is 1. The summed E-state index contributed by atoms with van der Waals surface area (Å²) in [6, 6.07) is 7.83. The fraction of sp³-hybridized carbons (Fsp3) is 0. The summed E-state index contributed by atoms with van der Waals surface area (Å²) in [5, 5.41) is 0. The number of benzene rings is 1. The van der Waals surface area contributed by atoms with Crippen LogP contribution in [0.15, 0.2) is 28.7 Å². The largest absolute Gasteiger partial charge is 0.466 e. The van der Waals surface area contributed by atoms with Gasteiger partial charge in [-0.05, 0) is 17.6 Å². The first-order valence-corrected chi connectivity index (χ1v) is 4.72. The fourth-order valence-electron chi connectivity index (χ4n) is 1.11. The van der Waals surface area contributed by atoms with Crippen LogP contribution in [0.3, 0.4) is 0 Å².